The number of carbonyl (C=O) groups is 1. The maximum absolute atomic E-state index is 13.4. The second kappa shape index (κ2) is 7.29. The zero-order chi connectivity index (χ0) is 24.0. The highest BCUT2D eigenvalue weighted by molar-refractivity contribution is 8.45. The third-order valence-corrected chi connectivity index (χ3v) is 6.72. The van der Waals surface area contributed by atoms with Gasteiger partial charge in [-0.3, -0.25) is 9.89 Å². The molecule has 0 radical (unpaired) electrons. The molecule has 1 unspecified atom stereocenters. The van der Waals surface area contributed by atoms with Crippen LogP contribution >= 0.6 is 10.2 Å². The Labute approximate surface area is 180 Å². The molecule has 1 heterocycles. The number of likely N-dealkylation sites (N-methyl/N-ethyl adjacent to an activating group) is 1. The van der Waals surface area contributed by atoms with Crippen molar-refractivity contribution >= 4 is 21.8 Å². The number of carbonyl (C=O) groups excluding carboxylic acids is 1. The predicted molar refractivity (Wildman–Crippen MR) is 108 cm³/mol. The van der Waals surface area contributed by atoms with Crippen LogP contribution in [0.2, 0.25) is 0 Å². The first-order valence-electron chi connectivity index (χ1n) is 9.72. The van der Waals surface area contributed by atoms with Gasteiger partial charge in [0, 0.05) is 42.9 Å². The lowest BCUT2D eigenvalue weighted by molar-refractivity contribution is -0.124. The van der Waals surface area contributed by atoms with Gasteiger partial charge in [0.2, 0.25) is 11.8 Å². The minimum atomic E-state index is -9.83. The van der Waals surface area contributed by atoms with Crippen molar-refractivity contribution < 1.29 is 33.0 Å². The number of anilines is 1. The van der Waals surface area contributed by atoms with E-state index in [1.807, 2.05) is 0 Å². The van der Waals surface area contributed by atoms with Crippen LogP contribution in [0.4, 0.5) is 33.9 Å². The Hall–Kier alpha value is -2.44. The second-order valence-electron chi connectivity index (χ2n) is 8.07. The number of halogens is 7. The van der Waals surface area contributed by atoms with Crippen molar-refractivity contribution in [3.05, 3.63) is 41.7 Å². The molecule has 1 aliphatic carbocycles. The standard InChI is InChI=1S/C19H23F7N4OS/c1-12-16(11-27-29-12)17(18(31)28-13-7-9-19(20,21)10-8-13)30(2)14-3-5-15(6-4-14)32(22,23,24,25)26/h3-6,11,13,17H,7-10H2,1-2H3,(H,27,29)(H,28,31). The first-order chi connectivity index (χ1) is 14.5. The van der Waals surface area contributed by atoms with Crippen molar-refractivity contribution in [3.63, 3.8) is 0 Å². The van der Waals surface area contributed by atoms with Gasteiger partial charge < -0.3 is 10.2 Å². The number of aromatic amines is 1. The maximum Gasteiger partial charge on any atom is 0.310 e. The number of nitrogens with one attached hydrogen (secondary N) is 2. The molecule has 0 bridgehead atoms. The second-order valence-corrected chi connectivity index (χ2v) is 10.5. The lowest BCUT2D eigenvalue weighted by Crippen LogP contribution is -2.46. The van der Waals surface area contributed by atoms with Gasteiger partial charge in [-0.1, -0.05) is 19.4 Å². The maximum atomic E-state index is 13.4. The van der Waals surface area contributed by atoms with Crippen LogP contribution in [0.25, 0.3) is 0 Å². The van der Waals surface area contributed by atoms with Gasteiger partial charge in [0.15, 0.2) is 0 Å². The molecule has 2 N–H and O–H groups in total. The van der Waals surface area contributed by atoms with Crippen LogP contribution in [-0.2, 0) is 4.79 Å². The molecule has 0 aliphatic heterocycles. The van der Waals surface area contributed by atoms with Crippen LogP contribution in [0.3, 0.4) is 0 Å². The van der Waals surface area contributed by atoms with E-state index in [1.165, 1.54) is 18.1 Å². The van der Waals surface area contributed by atoms with E-state index >= 15 is 0 Å². The van der Waals surface area contributed by atoms with Gasteiger partial charge in [0.1, 0.15) is 10.9 Å². The molecule has 1 amide bonds. The molecule has 1 atom stereocenters. The van der Waals surface area contributed by atoms with Crippen LogP contribution < -0.4 is 10.2 Å². The lowest BCUT2D eigenvalue weighted by Gasteiger charge is -2.40. The molecule has 1 aromatic carbocycles. The van der Waals surface area contributed by atoms with E-state index in [1.54, 1.807) is 6.92 Å². The molecule has 180 valence electrons. The Balaban J connectivity index is 1.86. The van der Waals surface area contributed by atoms with Gasteiger partial charge in [-0.05, 0) is 44.0 Å². The summed E-state index contributed by atoms with van der Waals surface area (Å²) in [4.78, 5) is 12.4. The number of nitrogens with zero attached hydrogens (tertiary/aromatic N) is 2. The summed E-state index contributed by atoms with van der Waals surface area (Å²) in [5.41, 5.74) is 0.991. The van der Waals surface area contributed by atoms with Crippen LogP contribution in [0.5, 0.6) is 0 Å². The Kier molecular flexibility index (Phi) is 5.51. The molecule has 5 nitrogen and oxygen atoms in total. The normalized spacial score (nSPS) is 20.2. The average Bonchev–Trinajstić information content (AvgIpc) is 3.07. The van der Waals surface area contributed by atoms with Gasteiger partial charge >= 0.3 is 10.2 Å². The highest BCUT2D eigenvalue weighted by Gasteiger charge is 2.65. The fourth-order valence-electron chi connectivity index (χ4n) is 3.71. The van der Waals surface area contributed by atoms with E-state index in [9.17, 15) is 33.0 Å². The third kappa shape index (κ3) is 5.48. The topological polar surface area (TPSA) is 61.0 Å². The number of aryl methyl sites for hydroxylation is 1. The number of rotatable bonds is 6. The molecule has 3 rings (SSSR count). The minimum Gasteiger partial charge on any atom is -0.359 e. The molecule has 1 saturated carbocycles. The van der Waals surface area contributed by atoms with Crippen LogP contribution in [0.15, 0.2) is 35.4 Å². The fraction of sp³-hybridized carbons (Fsp3) is 0.474. The van der Waals surface area contributed by atoms with E-state index in [2.05, 4.69) is 15.5 Å². The minimum absolute atomic E-state index is 0.0755. The number of alkyl halides is 2. The van der Waals surface area contributed by atoms with Gasteiger partial charge in [0.25, 0.3) is 0 Å². The van der Waals surface area contributed by atoms with Gasteiger partial charge in [-0.25, -0.2) is 8.78 Å². The Morgan fingerprint density at radius 3 is 2.19 bits per heavy atom. The summed E-state index contributed by atoms with van der Waals surface area (Å²) in [5, 5.41) is 9.24. The van der Waals surface area contributed by atoms with Crippen LogP contribution in [-0.4, -0.2) is 35.1 Å². The molecule has 32 heavy (non-hydrogen) atoms. The van der Waals surface area contributed by atoms with Crippen LogP contribution in [0, 0.1) is 6.92 Å². The van der Waals surface area contributed by atoms with E-state index in [0.29, 0.717) is 11.3 Å². The summed E-state index contributed by atoms with van der Waals surface area (Å²) < 4.78 is 91.9. The monoisotopic (exact) mass is 488 g/mol. The van der Waals surface area contributed by atoms with Crippen molar-refractivity contribution in [3.8, 4) is 0 Å². The number of H-pyrrole nitrogens is 1. The average molecular weight is 488 g/mol. The van der Waals surface area contributed by atoms with Crippen molar-refractivity contribution in [2.75, 3.05) is 11.9 Å². The van der Waals surface area contributed by atoms with Gasteiger partial charge in [-0.2, -0.15) is 5.10 Å². The van der Waals surface area contributed by atoms with Crippen molar-refractivity contribution in [1.29, 1.82) is 0 Å². The Morgan fingerprint density at radius 2 is 1.72 bits per heavy atom. The molecular weight excluding hydrogens is 465 g/mol. The molecule has 1 aliphatic rings. The summed E-state index contributed by atoms with van der Waals surface area (Å²) >= 11 is 0. The van der Waals surface area contributed by atoms with Crippen LogP contribution in [0.1, 0.15) is 43.0 Å². The van der Waals surface area contributed by atoms with E-state index in [0.717, 1.165) is 12.1 Å². The van der Waals surface area contributed by atoms with Gasteiger partial charge in [-0.15, -0.1) is 0 Å². The van der Waals surface area contributed by atoms with Crippen molar-refractivity contribution in [1.82, 2.24) is 15.5 Å². The SMILES string of the molecule is Cc1[nH]ncc1C(C(=O)NC1CCC(F)(F)CC1)N(C)c1ccc(S(F)(F)(F)(F)F)cc1. The summed E-state index contributed by atoms with van der Waals surface area (Å²) in [6.07, 6.45) is 0.808. The summed E-state index contributed by atoms with van der Waals surface area (Å²) in [7, 11) is -8.41. The number of amides is 1. The van der Waals surface area contributed by atoms with E-state index in [4.69, 9.17) is 0 Å². The van der Waals surface area contributed by atoms with Gasteiger partial charge in [0.05, 0.1) is 6.20 Å². The molecule has 1 fully saturated rings. The zero-order valence-electron chi connectivity index (χ0n) is 17.2. The first kappa shape index (κ1) is 24.2. The molecule has 1 aromatic heterocycles. The highest BCUT2D eigenvalue weighted by atomic mass is 32.5. The molecular formula is C19H23F7N4OS. The summed E-state index contributed by atoms with van der Waals surface area (Å²) in [6.45, 7) is 1.63. The Bertz CT molecular complexity index is 982. The van der Waals surface area contributed by atoms with E-state index < -0.39 is 39.0 Å². The lowest BCUT2D eigenvalue weighted by atomic mass is 9.92. The predicted octanol–water partition coefficient (Wildman–Crippen LogP) is 6.25. The Morgan fingerprint density at radius 1 is 1.16 bits per heavy atom. The summed E-state index contributed by atoms with van der Waals surface area (Å²) in [5.74, 6) is -3.34. The quantitative estimate of drug-likeness (QED) is 0.473. The van der Waals surface area contributed by atoms with Crippen molar-refractivity contribution in [2.24, 2.45) is 0 Å². The fourth-order valence-corrected chi connectivity index (χ4v) is 4.36. The summed E-state index contributed by atoms with van der Waals surface area (Å²) in [6, 6.07) is 0.679. The number of hydrogen-bond acceptors (Lipinski definition) is 3. The highest BCUT2D eigenvalue weighted by Crippen LogP contribution is 3.02. The zero-order valence-corrected chi connectivity index (χ0v) is 18.0. The number of benzene rings is 1. The number of hydrogen-bond donors (Lipinski definition) is 2. The van der Waals surface area contributed by atoms with E-state index in [-0.39, 0.29) is 43.5 Å². The third-order valence-electron chi connectivity index (χ3n) is 5.55. The molecule has 13 heteroatoms. The molecule has 0 spiro atoms. The smallest absolute Gasteiger partial charge is 0.310 e. The van der Waals surface area contributed by atoms with Crippen molar-refractivity contribution in [2.45, 2.75) is 55.5 Å². The largest absolute Gasteiger partial charge is 0.359 e. The molecule has 0 saturated heterocycles. The molecule has 2 aromatic rings. The number of aromatic nitrogens is 2. The first-order valence-corrected chi connectivity index (χ1v) is 11.7.